The summed E-state index contributed by atoms with van der Waals surface area (Å²) in [5.74, 6) is 0.304. The summed E-state index contributed by atoms with van der Waals surface area (Å²) in [5, 5.41) is 21.0. The zero-order valence-corrected chi connectivity index (χ0v) is 11.4. The van der Waals surface area contributed by atoms with E-state index in [1.807, 2.05) is 0 Å². The van der Waals surface area contributed by atoms with Gasteiger partial charge in [0.15, 0.2) is 0 Å². The van der Waals surface area contributed by atoms with Crippen molar-refractivity contribution in [2.45, 2.75) is 71.5 Å². The van der Waals surface area contributed by atoms with Crippen LogP contribution in [0.25, 0.3) is 0 Å². The zero-order valence-electron chi connectivity index (χ0n) is 11.4. The molecule has 0 aromatic heterocycles. The summed E-state index contributed by atoms with van der Waals surface area (Å²) in [7, 11) is 0. The molecular formula is C15H26O2. The van der Waals surface area contributed by atoms with E-state index in [9.17, 15) is 10.2 Å². The van der Waals surface area contributed by atoms with Crippen molar-refractivity contribution in [1.82, 2.24) is 0 Å². The zero-order chi connectivity index (χ0) is 12.5. The SMILES string of the molecule is CC1(C)[C@H]2[C@H](O)C[C@]3(C)CCC[C@@]2(C[C@@H]1O)C3. The van der Waals surface area contributed by atoms with Gasteiger partial charge in [0.05, 0.1) is 12.2 Å². The Balaban J connectivity index is 2.03. The predicted molar refractivity (Wildman–Crippen MR) is 67.5 cm³/mol. The number of hydrogen-bond acceptors (Lipinski definition) is 2. The van der Waals surface area contributed by atoms with Gasteiger partial charge in [-0.1, -0.05) is 27.2 Å². The smallest absolute Gasteiger partial charge is 0.0600 e. The number of fused-ring (bicyclic) bond motifs is 1. The highest BCUT2D eigenvalue weighted by Crippen LogP contribution is 2.68. The topological polar surface area (TPSA) is 40.5 Å². The lowest BCUT2D eigenvalue weighted by Crippen LogP contribution is -2.52. The van der Waals surface area contributed by atoms with Crippen molar-refractivity contribution in [3.8, 4) is 0 Å². The van der Waals surface area contributed by atoms with Gasteiger partial charge in [-0.05, 0) is 54.3 Å². The lowest BCUT2D eigenvalue weighted by atomic mass is 9.49. The van der Waals surface area contributed by atoms with E-state index in [4.69, 9.17) is 0 Å². The second-order valence-electron chi connectivity index (χ2n) is 7.99. The molecule has 5 atom stereocenters. The van der Waals surface area contributed by atoms with Gasteiger partial charge in [0.1, 0.15) is 0 Å². The summed E-state index contributed by atoms with van der Waals surface area (Å²) in [6.45, 7) is 6.64. The molecule has 2 N–H and O–H groups in total. The number of aliphatic hydroxyl groups excluding tert-OH is 2. The number of rotatable bonds is 0. The first-order chi connectivity index (χ1) is 7.79. The first kappa shape index (κ1) is 12.0. The van der Waals surface area contributed by atoms with E-state index in [1.54, 1.807) is 0 Å². The van der Waals surface area contributed by atoms with Crippen LogP contribution in [0, 0.1) is 22.2 Å². The van der Waals surface area contributed by atoms with Crippen molar-refractivity contribution < 1.29 is 10.2 Å². The van der Waals surface area contributed by atoms with E-state index in [-0.39, 0.29) is 23.0 Å². The van der Waals surface area contributed by atoms with Crippen molar-refractivity contribution in [3.63, 3.8) is 0 Å². The molecular weight excluding hydrogens is 212 g/mol. The molecule has 3 aliphatic carbocycles. The molecule has 0 amide bonds. The largest absolute Gasteiger partial charge is 0.393 e. The van der Waals surface area contributed by atoms with Crippen molar-refractivity contribution in [2.24, 2.45) is 22.2 Å². The Morgan fingerprint density at radius 1 is 1.00 bits per heavy atom. The highest BCUT2D eigenvalue weighted by molar-refractivity contribution is 5.14. The molecule has 0 radical (unpaired) electrons. The summed E-state index contributed by atoms with van der Waals surface area (Å²) in [4.78, 5) is 0. The van der Waals surface area contributed by atoms with Crippen LogP contribution in [0.1, 0.15) is 59.3 Å². The minimum absolute atomic E-state index is 0.113. The molecule has 3 aliphatic rings. The van der Waals surface area contributed by atoms with E-state index < -0.39 is 0 Å². The first-order valence-electron chi connectivity index (χ1n) is 7.15. The molecule has 0 heterocycles. The minimum Gasteiger partial charge on any atom is -0.393 e. The van der Waals surface area contributed by atoms with E-state index in [0.29, 0.717) is 11.3 Å². The third-order valence-corrected chi connectivity index (χ3v) is 6.24. The van der Waals surface area contributed by atoms with Gasteiger partial charge in [-0.3, -0.25) is 0 Å². The monoisotopic (exact) mass is 238 g/mol. The Hall–Kier alpha value is -0.0800. The maximum Gasteiger partial charge on any atom is 0.0600 e. The van der Waals surface area contributed by atoms with Gasteiger partial charge >= 0.3 is 0 Å². The summed E-state index contributed by atoms with van der Waals surface area (Å²) in [6.07, 6.45) is 6.39. The van der Waals surface area contributed by atoms with Crippen molar-refractivity contribution >= 4 is 0 Å². The number of aliphatic hydroxyl groups is 2. The molecule has 0 aliphatic heterocycles. The van der Waals surface area contributed by atoms with Crippen LogP contribution in [0.3, 0.4) is 0 Å². The Morgan fingerprint density at radius 3 is 2.41 bits per heavy atom. The van der Waals surface area contributed by atoms with Crippen LogP contribution in [-0.4, -0.2) is 22.4 Å². The maximum absolute atomic E-state index is 10.6. The molecule has 0 aromatic rings. The molecule has 1 spiro atoms. The Bertz CT molecular complexity index is 338. The maximum atomic E-state index is 10.6. The van der Waals surface area contributed by atoms with Crippen LogP contribution in [-0.2, 0) is 0 Å². The molecule has 3 fully saturated rings. The Morgan fingerprint density at radius 2 is 1.71 bits per heavy atom. The third-order valence-electron chi connectivity index (χ3n) is 6.24. The quantitative estimate of drug-likeness (QED) is 0.681. The van der Waals surface area contributed by atoms with Crippen LogP contribution in [0.4, 0.5) is 0 Å². The summed E-state index contributed by atoms with van der Waals surface area (Å²) < 4.78 is 0. The lowest BCUT2D eigenvalue weighted by Gasteiger charge is -2.56. The fourth-order valence-corrected chi connectivity index (χ4v) is 5.81. The average Bonchev–Trinajstić information content (AvgIpc) is 2.31. The second-order valence-corrected chi connectivity index (χ2v) is 7.99. The van der Waals surface area contributed by atoms with E-state index in [1.165, 1.54) is 25.7 Å². The molecule has 0 saturated heterocycles. The van der Waals surface area contributed by atoms with E-state index in [0.717, 1.165) is 12.8 Å². The average molecular weight is 238 g/mol. The molecule has 17 heavy (non-hydrogen) atoms. The van der Waals surface area contributed by atoms with Crippen LogP contribution in [0.2, 0.25) is 0 Å². The highest BCUT2D eigenvalue weighted by Gasteiger charge is 2.64. The van der Waals surface area contributed by atoms with Crippen LogP contribution >= 0.6 is 0 Å². The third kappa shape index (κ3) is 1.46. The summed E-state index contributed by atoms with van der Waals surface area (Å²) >= 11 is 0. The molecule has 2 bridgehead atoms. The van der Waals surface area contributed by atoms with Crippen LogP contribution in [0.15, 0.2) is 0 Å². The fraction of sp³-hybridized carbons (Fsp3) is 1.00. The van der Waals surface area contributed by atoms with Crippen LogP contribution < -0.4 is 0 Å². The fourth-order valence-electron chi connectivity index (χ4n) is 5.81. The second kappa shape index (κ2) is 3.27. The first-order valence-corrected chi connectivity index (χ1v) is 7.15. The van der Waals surface area contributed by atoms with Crippen molar-refractivity contribution in [2.75, 3.05) is 0 Å². The van der Waals surface area contributed by atoms with E-state index >= 15 is 0 Å². The molecule has 3 saturated carbocycles. The normalized spacial score (nSPS) is 56.6. The molecule has 2 heteroatoms. The summed E-state index contributed by atoms with van der Waals surface area (Å²) in [5.41, 5.74) is 0.444. The van der Waals surface area contributed by atoms with Crippen molar-refractivity contribution in [3.05, 3.63) is 0 Å². The highest BCUT2D eigenvalue weighted by atomic mass is 16.3. The molecule has 98 valence electrons. The standard InChI is InChI=1S/C15H26O2/c1-13(2)11(17)8-15-6-4-5-14(3,9-15)7-10(16)12(13)15/h10-12,16-17H,4-9H2,1-3H3/t10-,11+,12-,14+,15-/m1/s1. The number of hydrogen-bond donors (Lipinski definition) is 2. The van der Waals surface area contributed by atoms with Gasteiger partial charge < -0.3 is 10.2 Å². The Kier molecular flexibility index (Phi) is 2.30. The van der Waals surface area contributed by atoms with Gasteiger partial charge in [0.2, 0.25) is 0 Å². The molecule has 0 unspecified atom stereocenters. The molecule has 0 aromatic carbocycles. The van der Waals surface area contributed by atoms with Crippen molar-refractivity contribution in [1.29, 1.82) is 0 Å². The minimum atomic E-state index is -0.234. The van der Waals surface area contributed by atoms with Gasteiger partial charge in [-0.2, -0.15) is 0 Å². The van der Waals surface area contributed by atoms with E-state index in [2.05, 4.69) is 20.8 Å². The predicted octanol–water partition coefficient (Wildman–Crippen LogP) is 2.72. The van der Waals surface area contributed by atoms with Gasteiger partial charge in [-0.25, -0.2) is 0 Å². The lowest BCUT2D eigenvalue weighted by molar-refractivity contribution is -0.125. The van der Waals surface area contributed by atoms with Crippen LogP contribution in [0.5, 0.6) is 0 Å². The van der Waals surface area contributed by atoms with Gasteiger partial charge in [-0.15, -0.1) is 0 Å². The molecule has 2 nitrogen and oxygen atoms in total. The van der Waals surface area contributed by atoms with Gasteiger partial charge in [0.25, 0.3) is 0 Å². The summed E-state index contributed by atoms with van der Waals surface area (Å²) in [6, 6.07) is 0. The van der Waals surface area contributed by atoms with Gasteiger partial charge in [0, 0.05) is 0 Å². The molecule has 3 rings (SSSR count). The Labute approximate surface area is 104 Å².